The van der Waals surface area contributed by atoms with Crippen molar-refractivity contribution in [2.24, 2.45) is 0 Å². The van der Waals surface area contributed by atoms with Crippen LogP contribution in [-0.2, 0) is 11.3 Å². The molecule has 0 atom stereocenters. The summed E-state index contributed by atoms with van der Waals surface area (Å²) in [6.07, 6.45) is 0. The van der Waals surface area contributed by atoms with Crippen molar-refractivity contribution < 1.29 is 38.9 Å². The fourth-order valence-electron chi connectivity index (χ4n) is 5.22. The predicted molar refractivity (Wildman–Crippen MR) is 166 cm³/mol. The van der Waals surface area contributed by atoms with Gasteiger partial charge in [-0.3, -0.25) is 4.79 Å². The number of nitrogens with zero attached hydrogens (tertiary/aromatic N) is 1. The molecule has 0 spiro atoms. The Morgan fingerprint density at radius 1 is 0.956 bits per heavy atom. The molecule has 0 saturated carbocycles. The lowest BCUT2D eigenvalue weighted by molar-refractivity contribution is 0.0593. The van der Waals surface area contributed by atoms with Crippen LogP contribution in [0.15, 0.2) is 82.0 Å². The molecule has 224 valence electrons. The number of aromatic hydroxyl groups is 1. The number of carbonyl (C=O) groups is 3. The van der Waals surface area contributed by atoms with E-state index in [0.29, 0.717) is 16.6 Å². The predicted octanol–water partition coefficient (Wildman–Crippen LogP) is 6.27. The van der Waals surface area contributed by atoms with Crippen molar-refractivity contribution >= 4 is 57.1 Å². The minimum atomic E-state index is -1.31. The van der Waals surface area contributed by atoms with Crippen molar-refractivity contribution in [3.05, 3.63) is 110 Å². The van der Waals surface area contributed by atoms with E-state index in [0.717, 1.165) is 11.5 Å². The molecule has 0 bridgehead atoms. The van der Waals surface area contributed by atoms with Gasteiger partial charge in [-0.1, -0.05) is 29.8 Å². The first-order chi connectivity index (χ1) is 21.6. The van der Waals surface area contributed by atoms with Crippen molar-refractivity contribution in [3.8, 4) is 28.2 Å². The smallest absolute Gasteiger partial charge is 0.356 e. The third-order valence-corrected chi connectivity index (χ3v) is 7.65. The van der Waals surface area contributed by atoms with Gasteiger partial charge in [0.05, 0.1) is 40.0 Å². The molecule has 6 rings (SSSR count). The maximum Gasteiger partial charge on any atom is 0.356 e. The van der Waals surface area contributed by atoms with Crippen LogP contribution in [0.3, 0.4) is 0 Å². The highest BCUT2D eigenvalue weighted by molar-refractivity contribution is 6.31. The number of para-hydroxylation sites is 1. The number of phenolic OH excluding ortho intramolecular Hbond substituents is 1. The largest absolute Gasteiger partial charge is 0.507 e. The third kappa shape index (κ3) is 5.15. The summed E-state index contributed by atoms with van der Waals surface area (Å²) < 4.78 is 11.0. The summed E-state index contributed by atoms with van der Waals surface area (Å²) in [6.45, 7) is -0.0420. The number of carbonyl (C=O) groups excluding carboxylic acids is 1. The number of hydrogen-bond acceptors (Lipinski definition) is 9. The minimum Gasteiger partial charge on any atom is -0.507 e. The summed E-state index contributed by atoms with van der Waals surface area (Å²) in [4.78, 5) is 53.3. The maximum absolute atomic E-state index is 12.6. The number of hydrogen-bond donors (Lipinski definition) is 4. The second-order valence-corrected chi connectivity index (χ2v) is 10.4. The Kier molecular flexibility index (Phi) is 7.31. The van der Waals surface area contributed by atoms with Gasteiger partial charge in [-0.2, -0.15) is 0 Å². The number of rotatable bonds is 7. The Hall–Kier alpha value is -5.94. The lowest BCUT2D eigenvalue weighted by Crippen LogP contribution is -2.08. The first-order valence-electron chi connectivity index (χ1n) is 13.3. The number of phenols is 1. The first-order valence-corrected chi connectivity index (χ1v) is 13.7. The molecular weight excluding hydrogens is 604 g/mol. The third-order valence-electron chi connectivity index (χ3n) is 7.36. The normalized spacial score (nSPS) is 11.2. The van der Waals surface area contributed by atoms with Crippen LogP contribution in [0.1, 0.15) is 36.8 Å². The van der Waals surface area contributed by atoms with Gasteiger partial charge in [-0.15, -0.1) is 0 Å². The summed E-state index contributed by atoms with van der Waals surface area (Å²) in [5.41, 5.74) is 1.05. The number of esters is 1. The number of pyridine rings is 1. The molecular formula is C33H21ClN2O9. The SMILES string of the molecule is COC(=O)c1ccc2cccc(NCc3c(O)ccc4c(-c5cc(C(=O)O)ccc5C(=O)O)c5cc(Cl)c(=O)cc-5oc34)c2n1. The molecule has 0 unspecified atom stereocenters. The number of anilines is 1. The number of carboxylic acids is 2. The summed E-state index contributed by atoms with van der Waals surface area (Å²) in [5, 5.41) is 34.8. The average Bonchev–Trinajstić information content (AvgIpc) is 3.03. The monoisotopic (exact) mass is 624 g/mol. The van der Waals surface area contributed by atoms with E-state index < -0.39 is 23.3 Å². The molecule has 1 aliphatic heterocycles. The highest BCUT2D eigenvalue weighted by Crippen LogP contribution is 2.44. The molecule has 2 aliphatic rings. The number of methoxy groups -OCH3 is 1. The van der Waals surface area contributed by atoms with E-state index in [1.165, 1.54) is 43.5 Å². The van der Waals surface area contributed by atoms with E-state index in [1.807, 2.05) is 6.07 Å². The molecule has 0 fully saturated rings. The van der Waals surface area contributed by atoms with E-state index in [-0.39, 0.29) is 67.7 Å². The van der Waals surface area contributed by atoms with Crippen LogP contribution < -0.4 is 10.7 Å². The van der Waals surface area contributed by atoms with E-state index in [9.17, 15) is 34.5 Å². The van der Waals surface area contributed by atoms with Crippen LogP contribution in [0.5, 0.6) is 5.75 Å². The summed E-state index contributed by atoms with van der Waals surface area (Å²) in [6, 6.07) is 17.6. The second kappa shape index (κ2) is 11.3. The molecule has 0 amide bonds. The van der Waals surface area contributed by atoms with Crippen LogP contribution in [0.2, 0.25) is 5.02 Å². The Morgan fingerprint density at radius 3 is 2.49 bits per heavy atom. The quantitative estimate of drug-likeness (QED) is 0.116. The molecule has 4 N–H and O–H groups in total. The van der Waals surface area contributed by atoms with Crippen LogP contribution in [0, 0.1) is 0 Å². The molecule has 0 radical (unpaired) electrons. The van der Waals surface area contributed by atoms with E-state index >= 15 is 0 Å². The zero-order valence-electron chi connectivity index (χ0n) is 23.3. The van der Waals surface area contributed by atoms with Gasteiger partial charge in [0.2, 0.25) is 5.43 Å². The number of fused-ring (bicyclic) bond motifs is 3. The Labute approximate surface area is 258 Å². The van der Waals surface area contributed by atoms with Crippen molar-refractivity contribution in [2.45, 2.75) is 6.54 Å². The van der Waals surface area contributed by atoms with Gasteiger partial charge in [0.25, 0.3) is 0 Å². The van der Waals surface area contributed by atoms with Crippen LogP contribution in [0.25, 0.3) is 44.3 Å². The van der Waals surface area contributed by atoms with Gasteiger partial charge in [0.1, 0.15) is 22.8 Å². The van der Waals surface area contributed by atoms with Gasteiger partial charge < -0.3 is 29.8 Å². The topological polar surface area (TPSA) is 176 Å². The lowest BCUT2D eigenvalue weighted by Gasteiger charge is -2.20. The molecule has 0 saturated heterocycles. The van der Waals surface area contributed by atoms with Gasteiger partial charge in [0.15, 0.2) is 0 Å². The van der Waals surface area contributed by atoms with Crippen molar-refractivity contribution in [2.75, 3.05) is 12.4 Å². The zero-order chi connectivity index (χ0) is 32.0. The molecule has 4 aromatic rings. The Morgan fingerprint density at radius 2 is 1.76 bits per heavy atom. The molecule has 12 heteroatoms. The van der Waals surface area contributed by atoms with Gasteiger partial charge >= 0.3 is 17.9 Å². The summed E-state index contributed by atoms with van der Waals surface area (Å²) >= 11 is 6.19. The van der Waals surface area contributed by atoms with E-state index in [2.05, 4.69) is 10.3 Å². The molecule has 1 aromatic heterocycles. The molecule has 3 aromatic carbocycles. The Bertz CT molecular complexity index is 2240. The number of carboxylic acid groups (broad SMARTS) is 2. The number of halogens is 1. The van der Waals surface area contributed by atoms with Crippen LogP contribution >= 0.6 is 11.6 Å². The number of aromatic carboxylic acids is 2. The molecule has 1 aliphatic carbocycles. The fourth-order valence-corrected chi connectivity index (χ4v) is 5.39. The highest BCUT2D eigenvalue weighted by Gasteiger charge is 2.26. The van der Waals surface area contributed by atoms with Gasteiger partial charge in [-0.25, -0.2) is 19.4 Å². The summed E-state index contributed by atoms with van der Waals surface area (Å²) in [7, 11) is 1.25. The van der Waals surface area contributed by atoms with E-state index in [1.54, 1.807) is 24.3 Å². The molecule has 11 nitrogen and oxygen atoms in total. The number of nitrogens with one attached hydrogen (secondary N) is 1. The maximum atomic E-state index is 12.6. The number of aromatic nitrogens is 1. The van der Waals surface area contributed by atoms with Crippen LogP contribution in [0.4, 0.5) is 5.69 Å². The zero-order valence-corrected chi connectivity index (χ0v) is 24.0. The summed E-state index contributed by atoms with van der Waals surface area (Å²) in [5.74, 6) is -3.34. The highest BCUT2D eigenvalue weighted by atomic mass is 35.5. The van der Waals surface area contributed by atoms with Crippen LogP contribution in [-0.4, -0.2) is 45.3 Å². The lowest BCUT2D eigenvalue weighted by atomic mass is 9.89. The van der Waals surface area contributed by atoms with Gasteiger partial charge in [-0.05, 0) is 54.1 Å². The number of ether oxygens (including phenoxy) is 1. The van der Waals surface area contributed by atoms with Gasteiger partial charge in [0, 0.05) is 34.5 Å². The molecule has 2 heterocycles. The van der Waals surface area contributed by atoms with Crippen molar-refractivity contribution in [1.29, 1.82) is 0 Å². The first kappa shape index (κ1) is 29.1. The second-order valence-electron chi connectivity index (χ2n) is 9.99. The van der Waals surface area contributed by atoms with Crippen molar-refractivity contribution in [3.63, 3.8) is 0 Å². The fraction of sp³-hybridized carbons (Fsp3) is 0.0606. The molecule has 45 heavy (non-hydrogen) atoms. The Balaban J connectivity index is 1.59. The minimum absolute atomic E-state index is 0.0327. The standard InChI is InChI=1S/C33H21ClN2O9/c1-44-33(43)24-9-6-15-3-2-4-23(29(15)36-24)35-14-21-25(37)10-8-18-28(19-11-16(31(39)40)5-7-17(19)32(41)42)20-12-22(34)26(38)13-27(20)45-30(18)21/h2-13,35,37H,14H2,1H3,(H,39,40)(H,41,42). The van der Waals surface area contributed by atoms with E-state index in [4.69, 9.17) is 20.8 Å². The average molecular weight is 625 g/mol. The van der Waals surface area contributed by atoms with Crippen molar-refractivity contribution in [1.82, 2.24) is 4.98 Å². The number of benzene rings is 4.